The van der Waals surface area contributed by atoms with Gasteiger partial charge in [0.2, 0.25) is 11.6 Å². The minimum atomic E-state index is -2.40. The molecular formula is C13H10F5NO3. The van der Waals surface area contributed by atoms with Crippen molar-refractivity contribution >= 4 is 11.8 Å². The maximum atomic E-state index is 13.6. The molecule has 4 nitrogen and oxygen atoms in total. The first-order valence-electron chi connectivity index (χ1n) is 5.66. The summed E-state index contributed by atoms with van der Waals surface area (Å²) in [5.41, 5.74) is -2.62. The van der Waals surface area contributed by atoms with Crippen molar-refractivity contribution in [3.05, 3.63) is 46.4 Å². The molecule has 0 atom stereocenters. The third-order valence-corrected chi connectivity index (χ3v) is 2.47. The second-order valence-electron chi connectivity index (χ2n) is 4.27. The summed E-state index contributed by atoms with van der Waals surface area (Å²) in [6, 6.07) is 0. The summed E-state index contributed by atoms with van der Waals surface area (Å²) >= 11 is 0. The number of esters is 1. The number of halogens is 5. The van der Waals surface area contributed by atoms with Gasteiger partial charge in [-0.15, -0.1) is 0 Å². The van der Waals surface area contributed by atoms with E-state index < -0.39 is 52.0 Å². The lowest BCUT2D eigenvalue weighted by Crippen LogP contribution is -2.22. The molecule has 0 bridgehead atoms. The molecule has 1 rings (SSSR count). The first-order chi connectivity index (χ1) is 10.1. The van der Waals surface area contributed by atoms with Crippen LogP contribution >= 0.6 is 0 Å². The van der Waals surface area contributed by atoms with Crippen molar-refractivity contribution in [2.45, 2.75) is 0 Å². The van der Waals surface area contributed by atoms with Gasteiger partial charge in [-0.2, -0.15) is 0 Å². The van der Waals surface area contributed by atoms with Gasteiger partial charge in [0.25, 0.3) is 0 Å². The molecule has 1 aromatic rings. The quantitative estimate of drug-likeness (QED) is 0.125. The SMILES string of the molecule is COC(=O)C(=CN(C)C)C(=O)c1c(F)c(F)c(F)c(F)c1F. The van der Waals surface area contributed by atoms with E-state index in [4.69, 9.17) is 0 Å². The summed E-state index contributed by atoms with van der Waals surface area (Å²) in [6.45, 7) is 0. The van der Waals surface area contributed by atoms with E-state index in [2.05, 4.69) is 4.74 Å². The van der Waals surface area contributed by atoms with Gasteiger partial charge < -0.3 is 9.64 Å². The van der Waals surface area contributed by atoms with Crippen molar-refractivity contribution in [3.8, 4) is 0 Å². The Morgan fingerprint density at radius 3 is 1.68 bits per heavy atom. The summed E-state index contributed by atoms with van der Waals surface area (Å²) in [5, 5.41) is 0. The van der Waals surface area contributed by atoms with E-state index in [0.29, 0.717) is 0 Å². The molecule has 0 unspecified atom stereocenters. The Balaban J connectivity index is 3.60. The molecule has 1 aromatic carbocycles. The fraction of sp³-hybridized carbons (Fsp3) is 0.231. The van der Waals surface area contributed by atoms with Gasteiger partial charge in [-0.1, -0.05) is 0 Å². The van der Waals surface area contributed by atoms with Gasteiger partial charge in [-0.05, 0) is 0 Å². The van der Waals surface area contributed by atoms with E-state index in [-0.39, 0.29) is 0 Å². The zero-order chi connectivity index (χ0) is 17.2. The highest BCUT2D eigenvalue weighted by atomic mass is 19.2. The van der Waals surface area contributed by atoms with Crippen molar-refractivity contribution < 1.29 is 36.3 Å². The van der Waals surface area contributed by atoms with E-state index in [1.54, 1.807) is 0 Å². The van der Waals surface area contributed by atoms with Crippen molar-refractivity contribution in [2.24, 2.45) is 0 Å². The smallest absolute Gasteiger partial charge is 0.343 e. The van der Waals surface area contributed by atoms with Gasteiger partial charge >= 0.3 is 5.97 Å². The van der Waals surface area contributed by atoms with E-state index >= 15 is 0 Å². The Morgan fingerprint density at radius 1 is 0.909 bits per heavy atom. The number of ketones is 1. The number of nitrogens with zero attached hydrogens (tertiary/aromatic N) is 1. The molecule has 0 fully saturated rings. The zero-order valence-corrected chi connectivity index (χ0v) is 11.6. The number of hydrogen-bond donors (Lipinski definition) is 0. The Labute approximate surface area is 121 Å². The van der Waals surface area contributed by atoms with Crippen LogP contribution in [0.15, 0.2) is 11.8 Å². The number of carbonyl (C=O) groups excluding carboxylic acids is 2. The minimum Gasteiger partial charge on any atom is -0.465 e. The van der Waals surface area contributed by atoms with Crippen LogP contribution < -0.4 is 0 Å². The van der Waals surface area contributed by atoms with Gasteiger partial charge in [0, 0.05) is 20.3 Å². The van der Waals surface area contributed by atoms with Crippen LogP contribution in [0.2, 0.25) is 0 Å². The molecular weight excluding hydrogens is 313 g/mol. The number of carbonyl (C=O) groups is 2. The van der Waals surface area contributed by atoms with Crippen LogP contribution in [0.1, 0.15) is 10.4 Å². The normalized spacial score (nSPS) is 11.4. The van der Waals surface area contributed by atoms with E-state index in [1.165, 1.54) is 14.1 Å². The Bertz CT molecular complexity index is 641. The number of hydrogen-bond acceptors (Lipinski definition) is 4. The van der Waals surface area contributed by atoms with Crippen molar-refractivity contribution in [1.29, 1.82) is 0 Å². The van der Waals surface area contributed by atoms with Crippen LogP contribution in [0.3, 0.4) is 0 Å². The largest absolute Gasteiger partial charge is 0.465 e. The van der Waals surface area contributed by atoms with Gasteiger partial charge in [0.15, 0.2) is 23.3 Å². The zero-order valence-electron chi connectivity index (χ0n) is 11.6. The number of rotatable bonds is 4. The molecule has 0 saturated heterocycles. The van der Waals surface area contributed by atoms with Gasteiger partial charge in [-0.3, -0.25) is 4.79 Å². The molecule has 0 aliphatic rings. The molecule has 0 N–H and O–H groups in total. The van der Waals surface area contributed by atoms with Crippen LogP contribution in [0, 0.1) is 29.1 Å². The average Bonchev–Trinajstić information content (AvgIpc) is 2.47. The highest BCUT2D eigenvalue weighted by Gasteiger charge is 2.33. The van der Waals surface area contributed by atoms with Crippen LogP contribution in [0.25, 0.3) is 0 Å². The monoisotopic (exact) mass is 323 g/mol. The number of benzene rings is 1. The van der Waals surface area contributed by atoms with Gasteiger partial charge in [0.05, 0.1) is 7.11 Å². The van der Waals surface area contributed by atoms with Crippen molar-refractivity contribution in [3.63, 3.8) is 0 Å². The summed E-state index contributed by atoms with van der Waals surface area (Å²) in [7, 11) is 3.63. The van der Waals surface area contributed by atoms with Crippen LogP contribution in [0.4, 0.5) is 22.0 Å². The van der Waals surface area contributed by atoms with Crippen molar-refractivity contribution in [1.82, 2.24) is 4.90 Å². The third-order valence-electron chi connectivity index (χ3n) is 2.47. The summed E-state index contributed by atoms with van der Waals surface area (Å²) < 4.78 is 70.6. The molecule has 0 spiro atoms. The highest BCUT2D eigenvalue weighted by Crippen LogP contribution is 2.25. The Morgan fingerprint density at radius 2 is 1.32 bits per heavy atom. The molecule has 0 aliphatic heterocycles. The fourth-order valence-corrected chi connectivity index (χ4v) is 1.51. The first kappa shape index (κ1) is 17.6. The number of methoxy groups -OCH3 is 1. The van der Waals surface area contributed by atoms with Crippen LogP contribution in [-0.2, 0) is 9.53 Å². The maximum absolute atomic E-state index is 13.6. The van der Waals surface area contributed by atoms with E-state index in [1.807, 2.05) is 0 Å². The second kappa shape index (κ2) is 6.54. The minimum absolute atomic E-state index is 0.839. The fourth-order valence-electron chi connectivity index (χ4n) is 1.51. The molecule has 0 amide bonds. The van der Waals surface area contributed by atoms with Gasteiger partial charge in [-0.25, -0.2) is 26.7 Å². The highest BCUT2D eigenvalue weighted by molar-refractivity contribution is 6.24. The lowest BCUT2D eigenvalue weighted by molar-refractivity contribution is -0.135. The molecule has 0 aliphatic carbocycles. The average molecular weight is 323 g/mol. The first-order valence-corrected chi connectivity index (χ1v) is 5.66. The predicted octanol–water partition coefficient (Wildman–Crippen LogP) is 2.18. The lowest BCUT2D eigenvalue weighted by Gasteiger charge is -2.11. The lowest BCUT2D eigenvalue weighted by atomic mass is 10.0. The molecule has 0 saturated carbocycles. The molecule has 9 heteroatoms. The number of ether oxygens (including phenoxy) is 1. The maximum Gasteiger partial charge on any atom is 0.343 e. The molecule has 0 radical (unpaired) electrons. The summed E-state index contributed by atoms with van der Waals surface area (Å²) in [6.07, 6.45) is 0.839. The Kier molecular flexibility index (Phi) is 5.23. The van der Waals surface area contributed by atoms with Gasteiger partial charge in [0.1, 0.15) is 11.1 Å². The van der Waals surface area contributed by atoms with Crippen molar-refractivity contribution in [2.75, 3.05) is 21.2 Å². The molecule has 0 heterocycles. The summed E-state index contributed by atoms with van der Waals surface area (Å²) in [4.78, 5) is 24.6. The van der Waals surface area contributed by atoms with Crippen LogP contribution in [-0.4, -0.2) is 37.9 Å². The third kappa shape index (κ3) is 3.07. The predicted molar refractivity (Wildman–Crippen MR) is 64.3 cm³/mol. The number of Topliss-reactive ketones (excluding diaryl/α,β-unsaturated/α-hetero) is 1. The standard InChI is InChI=1S/C13H10F5NO3/c1-19(2)4-5(13(21)22-3)12(20)6-7(14)9(16)11(18)10(17)8(6)15/h4H,1-3H3. The summed E-state index contributed by atoms with van der Waals surface area (Å²) in [5.74, 6) is -14.6. The topological polar surface area (TPSA) is 46.6 Å². The van der Waals surface area contributed by atoms with E-state index in [9.17, 15) is 31.5 Å². The van der Waals surface area contributed by atoms with Crippen LogP contribution in [0.5, 0.6) is 0 Å². The van der Waals surface area contributed by atoms with E-state index in [0.717, 1.165) is 18.2 Å². The Hall–Kier alpha value is -2.45. The molecule has 0 aromatic heterocycles. The molecule has 120 valence electrons. The molecule has 22 heavy (non-hydrogen) atoms. The second-order valence-corrected chi connectivity index (χ2v) is 4.27.